The van der Waals surface area contributed by atoms with Crippen LogP contribution in [0.25, 0.3) is 0 Å². The molecule has 0 spiro atoms. The van der Waals surface area contributed by atoms with Gasteiger partial charge < -0.3 is 5.73 Å². The van der Waals surface area contributed by atoms with E-state index in [1.165, 1.54) is 0 Å². The van der Waals surface area contributed by atoms with E-state index in [0.29, 0.717) is 6.42 Å². The quantitative estimate of drug-likeness (QED) is 0.614. The van der Waals surface area contributed by atoms with Gasteiger partial charge in [-0.15, -0.1) is 0 Å². The first-order chi connectivity index (χ1) is 6.57. The highest BCUT2D eigenvalue weighted by atomic mass is 32.2. The van der Waals surface area contributed by atoms with E-state index in [0.717, 1.165) is 0 Å². The molecule has 0 fully saturated rings. The Morgan fingerprint density at radius 1 is 1.47 bits per heavy atom. The molecule has 4 N–H and O–H groups in total. The molecule has 15 heavy (non-hydrogen) atoms. The number of hydrogen-bond donors (Lipinski definition) is 3. The Hall–Kier alpha value is -0.240. The van der Waals surface area contributed by atoms with Gasteiger partial charge in [-0.2, -0.15) is 17.9 Å². The second-order valence-electron chi connectivity index (χ2n) is 4.34. The van der Waals surface area contributed by atoms with E-state index in [2.05, 4.69) is 9.44 Å². The highest BCUT2D eigenvalue weighted by Gasteiger charge is 2.23. The molecule has 0 aromatic rings. The van der Waals surface area contributed by atoms with Crippen molar-refractivity contribution in [2.75, 3.05) is 0 Å². The Morgan fingerprint density at radius 2 is 1.93 bits per heavy atom. The lowest BCUT2D eigenvalue weighted by Gasteiger charge is -2.23. The number of hydrogen-bond acceptors (Lipinski definition) is 3. The Balaban J connectivity index is 4.57. The average Bonchev–Trinajstić information content (AvgIpc) is 1.94. The Bertz CT molecular complexity index is 319. The molecule has 0 rings (SSSR count). The fraction of sp³-hybridized carbons (Fsp3) is 0.875. The molecular weight excluding hydrogens is 234 g/mol. The zero-order chi connectivity index (χ0) is 12.3. The van der Waals surface area contributed by atoms with Crippen molar-refractivity contribution in [3.05, 3.63) is 0 Å². The lowest BCUT2D eigenvalue weighted by atomic mass is 10.1. The van der Waals surface area contributed by atoms with E-state index in [4.69, 9.17) is 18.0 Å². The second-order valence-corrected chi connectivity index (χ2v) is 6.25. The first-order valence-electron chi connectivity index (χ1n) is 4.68. The molecule has 0 saturated heterocycles. The maximum atomic E-state index is 11.6. The summed E-state index contributed by atoms with van der Waals surface area (Å²) < 4.78 is 28.0. The van der Waals surface area contributed by atoms with Gasteiger partial charge in [-0.1, -0.05) is 19.1 Å². The number of rotatable bonds is 5. The SMILES string of the molecule is CCC(NS(=O)(=O)NC(C)(C)C)C(N)=S. The second kappa shape index (κ2) is 5.20. The van der Waals surface area contributed by atoms with Crippen LogP contribution in [0.4, 0.5) is 0 Å². The van der Waals surface area contributed by atoms with Gasteiger partial charge in [-0.05, 0) is 27.2 Å². The number of nitrogens with one attached hydrogen (secondary N) is 2. The van der Waals surface area contributed by atoms with Gasteiger partial charge in [-0.3, -0.25) is 0 Å². The van der Waals surface area contributed by atoms with E-state index in [1.54, 1.807) is 20.8 Å². The summed E-state index contributed by atoms with van der Waals surface area (Å²) in [6.07, 6.45) is 0.528. The van der Waals surface area contributed by atoms with Gasteiger partial charge in [-0.25, -0.2) is 0 Å². The van der Waals surface area contributed by atoms with Crippen molar-refractivity contribution >= 4 is 27.4 Å². The van der Waals surface area contributed by atoms with Crippen molar-refractivity contribution in [2.24, 2.45) is 5.73 Å². The smallest absolute Gasteiger partial charge is 0.278 e. The molecule has 0 radical (unpaired) electrons. The van der Waals surface area contributed by atoms with Crippen LogP contribution in [0.15, 0.2) is 0 Å². The standard InChI is InChI=1S/C8H19N3O2S2/c1-5-6(7(9)14)10-15(12,13)11-8(2,3)4/h6,10-11H,5H2,1-4H3,(H2,9,14). The molecule has 0 saturated carbocycles. The van der Waals surface area contributed by atoms with Gasteiger partial charge in [0, 0.05) is 5.54 Å². The van der Waals surface area contributed by atoms with Crippen molar-refractivity contribution in [1.82, 2.24) is 9.44 Å². The van der Waals surface area contributed by atoms with Crippen molar-refractivity contribution < 1.29 is 8.42 Å². The monoisotopic (exact) mass is 253 g/mol. The topological polar surface area (TPSA) is 84.2 Å². The minimum Gasteiger partial charge on any atom is -0.392 e. The van der Waals surface area contributed by atoms with Crippen LogP contribution in [0.5, 0.6) is 0 Å². The zero-order valence-electron chi connectivity index (χ0n) is 9.49. The first kappa shape index (κ1) is 14.8. The normalized spacial score (nSPS) is 14.9. The fourth-order valence-electron chi connectivity index (χ4n) is 0.962. The summed E-state index contributed by atoms with van der Waals surface area (Å²) in [6, 6.07) is -0.500. The third kappa shape index (κ3) is 6.77. The van der Waals surface area contributed by atoms with Crippen LogP contribution in [0, 0.1) is 0 Å². The van der Waals surface area contributed by atoms with Gasteiger partial charge in [0.1, 0.15) is 0 Å². The molecule has 7 heteroatoms. The highest BCUT2D eigenvalue weighted by molar-refractivity contribution is 7.87. The Kier molecular flexibility index (Phi) is 5.12. The van der Waals surface area contributed by atoms with Gasteiger partial charge in [0.2, 0.25) is 0 Å². The van der Waals surface area contributed by atoms with Crippen LogP contribution < -0.4 is 15.2 Å². The third-order valence-electron chi connectivity index (χ3n) is 1.49. The number of thiocarbonyl (C=S) groups is 1. The molecule has 0 bridgehead atoms. The summed E-state index contributed by atoms with van der Waals surface area (Å²) in [7, 11) is -3.56. The van der Waals surface area contributed by atoms with Crippen LogP contribution in [0.3, 0.4) is 0 Å². The molecule has 5 nitrogen and oxygen atoms in total. The van der Waals surface area contributed by atoms with Crippen LogP contribution in [0.1, 0.15) is 34.1 Å². The van der Waals surface area contributed by atoms with Crippen LogP contribution in [0.2, 0.25) is 0 Å². The summed E-state index contributed by atoms with van der Waals surface area (Å²) in [5, 5.41) is 0. The molecule has 0 aliphatic heterocycles. The predicted octanol–water partition coefficient (Wildman–Crippen LogP) is 0.274. The Morgan fingerprint density at radius 3 is 2.20 bits per heavy atom. The van der Waals surface area contributed by atoms with E-state index in [-0.39, 0.29) is 4.99 Å². The van der Waals surface area contributed by atoms with Crippen molar-refractivity contribution in [3.8, 4) is 0 Å². The minimum atomic E-state index is -3.56. The molecular formula is C8H19N3O2S2. The zero-order valence-corrected chi connectivity index (χ0v) is 11.1. The summed E-state index contributed by atoms with van der Waals surface area (Å²) in [4.78, 5) is 0.150. The van der Waals surface area contributed by atoms with E-state index in [9.17, 15) is 8.42 Å². The van der Waals surface area contributed by atoms with Crippen molar-refractivity contribution in [2.45, 2.75) is 45.7 Å². The van der Waals surface area contributed by atoms with Gasteiger partial charge >= 0.3 is 0 Å². The molecule has 1 atom stereocenters. The molecule has 0 aliphatic rings. The van der Waals surface area contributed by atoms with Crippen LogP contribution >= 0.6 is 12.2 Å². The van der Waals surface area contributed by atoms with Crippen molar-refractivity contribution in [3.63, 3.8) is 0 Å². The first-order valence-corrected chi connectivity index (χ1v) is 6.57. The lowest BCUT2D eigenvalue weighted by molar-refractivity contribution is 0.480. The molecule has 0 heterocycles. The molecule has 0 aromatic heterocycles. The summed E-state index contributed by atoms with van der Waals surface area (Å²) in [5.74, 6) is 0. The number of nitrogens with two attached hydrogens (primary N) is 1. The largest absolute Gasteiger partial charge is 0.392 e. The summed E-state index contributed by atoms with van der Waals surface area (Å²) >= 11 is 4.75. The Labute approximate surface area is 97.0 Å². The van der Waals surface area contributed by atoms with Crippen molar-refractivity contribution in [1.29, 1.82) is 0 Å². The highest BCUT2D eigenvalue weighted by Crippen LogP contribution is 2.02. The molecule has 1 unspecified atom stereocenters. The molecule has 0 aliphatic carbocycles. The summed E-state index contributed by atoms with van der Waals surface area (Å²) in [5.41, 5.74) is 4.87. The van der Waals surface area contributed by atoms with Crippen LogP contribution in [-0.4, -0.2) is 25.0 Å². The van der Waals surface area contributed by atoms with Gasteiger partial charge in [0.15, 0.2) is 0 Å². The fourth-order valence-corrected chi connectivity index (χ4v) is 2.80. The maximum absolute atomic E-state index is 11.6. The van der Waals surface area contributed by atoms with Crippen LogP contribution in [-0.2, 0) is 10.2 Å². The molecule has 90 valence electrons. The average molecular weight is 253 g/mol. The van der Waals surface area contributed by atoms with E-state index in [1.807, 2.05) is 6.92 Å². The van der Waals surface area contributed by atoms with Gasteiger partial charge in [0.25, 0.3) is 10.2 Å². The molecule has 0 aromatic carbocycles. The third-order valence-corrected chi connectivity index (χ3v) is 3.25. The van der Waals surface area contributed by atoms with Gasteiger partial charge in [0.05, 0.1) is 11.0 Å². The summed E-state index contributed by atoms with van der Waals surface area (Å²) in [6.45, 7) is 7.08. The van der Waals surface area contributed by atoms with E-state index < -0.39 is 21.8 Å². The molecule has 0 amide bonds. The lowest BCUT2D eigenvalue weighted by Crippen LogP contribution is -2.52. The maximum Gasteiger partial charge on any atom is 0.278 e. The minimum absolute atomic E-state index is 0.150. The predicted molar refractivity (Wildman–Crippen MR) is 65.8 cm³/mol. The van der Waals surface area contributed by atoms with E-state index >= 15 is 0 Å².